The lowest BCUT2D eigenvalue weighted by molar-refractivity contribution is -0.905. The molecule has 0 saturated heterocycles. The highest BCUT2D eigenvalue weighted by Crippen LogP contribution is 2.33. The van der Waals surface area contributed by atoms with E-state index in [1.54, 1.807) is 0 Å². The minimum Gasteiger partial charge on any atom is -0.415 e. The number of quaternary nitrogens is 1. The van der Waals surface area contributed by atoms with Gasteiger partial charge in [0.1, 0.15) is 17.0 Å². The monoisotopic (exact) mass is 384 g/mol. The number of benzene rings is 1. The van der Waals surface area contributed by atoms with E-state index in [0.717, 1.165) is 17.0 Å². The van der Waals surface area contributed by atoms with Gasteiger partial charge in [0, 0.05) is 11.6 Å². The van der Waals surface area contributed by atoms with E-state index in [1.807, 2.05) is 58.0 Å². The number of aromatic nitrogens is 3. The van der Waals surface area contributed by atoms with Crippen LogP contribution in [-0.2, 0) is 11.3 Å². The number of likely N-dealkylation sites (N-methyl/N-ethyl adjacent to an activating group) is 1. The Labute approximate surface area is 163 Å². The first-order valence-corrected chi connectivity index (χ1v) is 9.45. The molecule has 2 N–H and O–H groups in total. The largest absolute Gasteiger partial charge is 0.415 e. The van der Waals surface area contributed by atoms with Crippen molar-refractivity contribution in [3.05, 3.63) is 42.0 Å². The van der Waals surface area contributed by atoms with Crippen LogP contribution < -0.4 is 10.2 Å². The molecule has 3 aromatic rings. The maximum absolute atomic E-state index is 12.0. The summed E-state index contributed by atoms with van der Waals surface area (Å²) in [6, 6.07) is 9.84. The molecular formula is C20H26N5O3+. The van der Waals surface area contributed by atoms with Gasteiger partial charge in [-0.1, -0.05) is 35.5 Å². The Kier molecular flexibility index (Phi) is 6.20. The average molecular weight is 384 g/mol. The zero-order valence-corrected chi connectivity index (χ0v) is 16.7. The molecular weight excluding hydrogens is 358 g/mol. The molecule has 1 unspecified atom stereocenters. The SMILES string of the molecule is CC[NH+](CC(=O)NC(C)C)Cc1nnc(-c2c(-c3ccccc3)noc2C)o1. The van der Waals surface area contributed by atoms with Gasteiger partial charge < -0.3 is 19.2 Å². The van der Waals surface area contributed by atoms with Gasteiger partial charge >= 0.3 is 0 Å². The fourth-order valence-electron chi connectivity index (χ4n) is 2.97. The van der Waals surface area contributed by atoms with E-state index < -0.39 is 0 Å². The third-order valence-corrected chi connectivity index (χ3v) is 4.35. The zero-order chi connectivity index (χ0) is 20.1. The van der Waals surface area contributed by atoms with Gasteiger partial charge in [0.25, 0.3) is 17.7 Å². The lowest BCUT2D eigenvalue weighted by atomic mass is 10.1. The predicted molar refractivity (Wildman–Crippen MR) is 103 cm³/mol. The van der Waals surface area contributed by atoms with Gasteiger partial charge in [0.15, 0.2) is 13.1 Å². The van der Waals surface area contributed by atoms with Crippen molar-refractivity contribution in [1.82, 2.24) is 20.7 Å². The first-order chi connectivity index (χ1) is 13.5. The standard InChI is InChI=1S/C20H25N5O3/c1-5-25(11-16(26)21-13(2)3)12-17-22-23-20(27-17)18-14(4)28-24-19(18)15-9-7-6-8-10-15/h6-10,13H,5,11-12H2,1-4H3,(H,21,26)/p+1. The van der Waals surface area contributed by atoms with Crippen LogP contribution in [0.1, 0.15) is 32.4 Å². The summed E-state index contributed by atoms with van der Waals surface area (Å²) < 4.78 is 11.3. The average Bonchev–Trinajstić information content (AvgIpc) is 3.27. The van der Waals surface area contributed by atoms with Gasteiger partial charge in [-0.05, 0) is 27.7 Å². The van der Waals surface area contributed by atoms with E-state index in [0.29, 0.717) is 41.9 Å². The van der Waals surface area contributed by atoms with Crippen molar-refractivity contribution in [1.29, 1.82) is 0 Å². The van der Waals surface area contributed by atoms with Crippen LogP contribution in [0.2, 0.25) is 0 Å². The molecule has 0 bridgehead atoms. The molecule has 0 saturated carbocycles. The van der Waals surface area contributed by atoms with Crippen LogP contribution >= 0.6 is 0 Å². The molecule has 1 atom stereocenters. The minimum absolute atomic E-state index is 0.00725. The Morgan fingerprint density at radius 1 is 1.21 bits per heavy atom. The smallest absolute Gasteiger partial charge is 0.275 e. The summed E-state index contributed by atoms with van der Waals surface area (Å²) >= 11 is 0. The third kappa shape index (κ3) is 4.64. The highest BCUT2D eigenvalue weighted by Gasteiger charge is 2.23. The molecule has 148 valence electrons. The summed E-state index contributed by atoms with van der Waals surface area (Å²) in [6.45, 7) is 9.32. The van der Waals surface area contributed by atoms with Crippen molar-refractivity contribution < 1.29 is 18.6 Å². The van der Waals surface area contributed by atoms with Crippen molar-refractivity contribution in [3.63, 3.8) is 0 Å². The number of carbonyl (C=O) groups is 1. The summed E-state index contributed by atoms with van der Waals surface area (Å²) in [4.78, 5) is 13.1. The molecule has 8 heteroatoms. The van der Waals surface area contributed by atoms with Crippen molar-refractivity contribution >= 4 is 5.91 Å². The van der Waals surface area contributed by atoms with Gasteiger partial charge in [0.2, 0.25) is 0 Å². The molecule has 0 aliphatic heterocycles. The fraction of sp³-hybridized carbons (Fsp3) is 0.400. The van der Waals surface area contributed by atoms with Crippen molar-refractivity contribution in [2.24, 2.45) is 0 Å². The molecule has 8 nitrogen and oxygen atoms in total. The number of amides is 1. The molecule has 0 aliphatic rings. The second-order valence-corrected chi connectivity index (χ2v) is 7.01. The molecule has 3 rings (SSSR count). The molecule has 0 aliphatic carbocycles. The van der Waals surface area contributed by atoms with E-state index in [4.69, 9.17) is 8.94 Å². The van der Waals surface area contributed by atoms with Crippen molar-refractivity contribution in [2.45, 2.75) is 40.3 Å². The normalized spacial score (nSPS) is 12.3. The summed E-state index contributed by atoms with van der Waals surface area (Å²) in [5, 5.41) is 15.4. The lowest BCUT2D eigenvalue weighted by Crippen LogP contribution is -3.11. The molecule has 0 fully saturated rings. The Morgan fingerprint density at radius 3 is 2.64 bits per heavy atom. The van der Waals surface area contributed by atoms with Gasteiger partial charge in [-0.25, -0.2) is 0 Å². The summed E-state index contributed by atoms with van der Waals surface area (Å²) in [5.41, 5.74) is 2.28. The maximum atomic E-state index is 12.0. The van der Waals surface area contributed by atoms with Crippen LogP contribution in [0.15, 0.2) is 39.3 Å². The van der Waals surface area contributed by atoms with E-state index in [-0.39, 0.29) is 11.9 Å². The number of aryl methyl sites for hydroxylation is 1. The van der Waals surface area contributed by atoms with E-state index in [2.05, 4.69) is 20.7 Å². The Bertz CT molecular complexity index is 917. The third-order valence-electron chi connectivity index (χ3n) is 4.35. The molecule has 1 aromatic carbocycles. The van der Waals surface area contributed by atoms with Crippen LogP contribution in [0.25, 0.3) is 22.7 Å². The minimum atomic E-state index is 0.00725. The van der Waals surface area contributed by atoms with Gasteiger partial charge in [-0.3, -0.25) is 4.79 Å². The fourth-order valence-corrected chi connectivity index (χ4v) is 2.97. The Morgan fingerprint density at radius 2 is 1.96 bits per heavy atom. The van der Waals surface area contributed by atoms with Gasteiger partial charge in [-0.15, -0.1) is 10.2 Å². The number of hydrogen-bond acceptors (Lipinski definition) is 6. The summed E-state index contributed by atoms with van der Waals surface area (Å²) in [5.74, 6) is 1.47. The first-order valence-electron chi connectivity index (χ1n) is 9.45. The second kappa shape index (κ2) is 8.79. The van der Waals surface area contributed by atoms with E-state index in [1.165, 1.54) is 0 Å². The molecule has 0 spiro atoms. The maximum Gasteiger partial charge on any atom is 0.275 e. The number of nitrogens with zero attached hydrogens (tertiary/aromatic N) is 3. The van der Waals surface area contributed by atoms with E-state index >= 15 is 0 Å². The Balaban J connectivity index is 1.78. The molecule has 1 amide bonds. The number of hydrogen-bond donors (Lipinski definition) is 2. The number of carbonyl (C=O) groups excluding carboxylic acids is 1. The summed E-state index contributed by atoms with van der Waals surface area (Å²) in [6.07, 6.45) is 0. The van der Waals surface area contributed by atoms with Gasteiger partial charge in [0.05, 0.1) is 6.54 Å². The van der Waals surface area contributed by atoms with Crippen LogP contribution in [0.3, 0.4) is 0 Å². The van der Waals surface area contributed by atoms with Gasteiger partial charge in [-0.2, -0.15) is 0 Å². The van der Waals surface area contributed by atoms with Crippen molar-refractivity contribution in [3.8, 4) is 22.7 Å². The lowest BCUT2D eigenvalue weighted by Gasteiger charge is -2.16. The van der Waals surface area contributed by atoms with Crippen molar-refractivity contribution in [2.75, 3.05) is 13.1 Å². The topological polar surface area (TPSA) is 98.5 Å². The van der Waals surface area contributed by atoms with Crippen LogP contribution in [0.5, 0.6) is 0 Å². The molecule has 28 heavy (non-hydrogen) atoms. The quantitative estimate of drug-likeness (QED) is 0.613. The second-order valence-electron chi connectivity index (χ2n) is 7.01. The number of rotatable bonds is 8. The summed E-state index contributed by atoms with van der Waals surface area (Å²) in [7, 11) is 0. The zero-order valence-electron chi connectivity index (χ0n) is 16.7. The van der Waals surface area contributed by atoms with Crippen LogP contribution in [0.4, 0.5) is 0 Å². The number of nitrogens with one attached hydrogen (secondary N) is 2. The Hall–Kier alpha value is -3.00. The highest BCUT2D eigenvalue weighted by atomic mass is 16.5. The van der Waals surface area contributed by atoms with Crippen LogP contribution in [0, 0.1) is 6.92 Å². The first kappa shape index (κ1) is 19.8. The molecule has 2 aromatic heterocycles. The highest BCUT2D eigenvalue weighted by molar-refractivity contribution is 5.78. The van der Waals surface area contributed by atoms with E-state index in [9.17, 15) is 4.79 Å². The molecule has 2 heterocycles. The molecule has 0 radical (unpaired) electrons. The predicted octanol–water partition coefficient (Wildman–Crippen LogP) is 1.63. The van der Waals surface area contributed by atoms with Crippen LogP contribution in [-0.4, -0.2) is 40.4 Å².